The van der Waals surface area contributed by atoms with Gasteiger partial charge in [0.15, 0.2) is 0 Å². The molecule has 0 heterocycles. The lowest BCUT2D eigenvalue weighted by molar-refractivity contribution is 0.0893. The van der Waals surface area contributed by atoms with Crippen LogP contribution >= 0.6 is 0 Å². The zero-order chi connectivity index (χ0) is 38.9. The summed E-state index contributed by atoms with van der Waals surface area (Å²) < 4.78 is 12.7. The second-order valence-electron chi connectivity index (χ2n) is 14.9. The normalized spacial score (nSPS) is 11.4. The van der Waals surface area contributed by atoms with E-state index in [4.69, 9.17) is 9.47 Å². The Morgan fingerprint density at radius 3 is 1.54 bits per heavy atom. The van der Waals surface area contributed by atoms with Crippen molar-refractivity contribution in [1.82, 2.24) is 0 Å². The molecule has 0 unspecified atom stereocenters. The molecule has 0 aromatic heterocycles. The molecule has 278 valence electrons. The highest BCUT2D eigenvalue weighted by molar-refractivity contribution is 6.02. The van der Waals surface area contributed by atoms with Gasteiger partial charge in [0, 0.05) is 27.8 Å². The van der Waals surface area contributed by atoms with Gasteiger partial charge in [0.25, 0.3) is 0 Å². The molecule has 0 atom stereocenters. The Balaban J connectivity index is 1.03. The van der Waals surface area contributed by atoms with Crippen LogP contribution in [0.25, 0.3) is 66.1 Å². The van der Waals surface area contributed by atoms with E-state index in [2.05, 4.69) is 107 Å². The number of aromatic hydroxyl groups is 2. The number of rotatable bonds is 10. The van der Waals surface area contributed by atoms with E-state index in [1.165, 1.54) is 0 Å². The number of hydrogen-bond acceptors (Lipinski definition) is 4. The smallest absolute Gasteiger partial charge is 0.131 e. The summed E-state index contributed by atoms with van der Waals surface area (Å²) in [7, 11) is 0. The van der Waals surface area contributed by atoms with E-state index < -0.39 is 0 Å². The number of phenolic OH excluding ortho intramolecular Hbond substituents is 2. The molecule has 8 aromatic rings. The van der Waals surface area contributed by atoms with Gasteiger partial charge in [-0.1, -0.05) is 109 Å². The average Bonchev–Trinajstić information content (AvgIpc) is 3.20. The minimum atomic E-state index is 0.233. The minimum absolute atomic E-state index is 0.233. The molecular formula is C52H46O4. The van der Waals surface area contributed by atoms with Crippen LogP contribution in [-0.4, -0.2) is 23.4 Å². The van der Waals surface area contributed by atoms with E-state index in [1.807, 2.05) is 66.7 Å². The van der Waals surface area contributed by atoms with Crippen molar-refractivity contribution in [2.75, 3.05) is 13.2 Å². The van der Waals surface area contributed by atoms with E-state index in [1.54, 1.807) is 0 Å². The van der Waals surface area contributed by atoms with E-state index in [0.29, 0.717) is 25.6 Å². The van der Waals surface area contributed by atoms with Crippen molar-refractivity contribution < 1.29 is 19.7 Å². The summed E-state index contributed by atoms with van der Waals surface area (Å²) in [6, 6.07) is 47.5. The summed E-state index contributed by atoms with van der Waals surface area (Å²) >= 11 is 0. The van der Waals surface area contributed by atoms with Crippen LogP contribution in [0.15, 0.2) is 140 Å². The third kappa shape index (κ3) is 7.00. The van der Waals surface area contributed by atoms with Crippen LogP contribution in [0.2, 0.25) is 0 Å². The first-order valence-corrected chi connectivity index (χ1v) is 19.2. The monoisotopic (exact) mass is 734 g/mol. The van der Waals surface area contributed by atoms with Gasteiger partial charge in [-0.15, -0.1) is 0 Å². The molecular weight excluding hydrogens is 689 g/mol. The largest absolute Gasteiger partial charge is 0.507 e. The number of phenols is 2. The maximum atomic E-state index is 12.0. The third-order valence-corrected chi connectivity index (χ3v) is 10.8. The minimum Gasteiger partial charge on any atom is -0.507 e. The number of fused-ring (bicyclic) bond motifs is 2. The van der Waals surface area contributed by atoms with Gasteiger partial charge < -0.3 is 19.7 Å². The summed E-state index contributed by atoms with van der Waals surface area (Å²) in [5.74, 6) is 1.18. The molecule has 2 N–H and O–H groups in total. The van der Waals surface area contributed by atoms with Crippen LogP contribution in [0.4, 0.5) is 0 Å². The van der Waals surface area contributed by atoms with Crippen molar-refractivity contribution in [2.24, 2.45) is 0 Å². The molecule has 0 saturated heterocycles. The Kier molecular flexibility index (Phi) is 10.1. The summed E-state index contributed by atoms with van der Waals surface area (Å²) in [4.78, 5) is 0. The second kappa shape index (κ2) is 15.4. The van der Waals surface area contributed by atoms with Gasteiger partial charge in [0.05, 0.1) is 13.2 Å². The molecule has 8 aromatic carbocycles. The molecule has 0 aliphatic rings. The lowest BCUT2D eigenvalue weighted by atomic mass is 9.88. The zero-order valence-corrected chi connectivity index (χ0v) is 32.6. The number of benzene rings is 8. The van der Waals surface area contributed by atoms with E-state index in [0.717, 1.165) is 99.4 Å². The maximum Gasteiger partial charge on any atom is 0.131 e. The van der Waals surface area contributed by atoms with E-state index in [9.17, 15) is 10.2 Å². The second-order valence-corrected chi connectivity index (χ2v) is 14.9. The average molecular weight is 735 g/mol. The third-order valence-electron chi connectivity index (χ3n) is 10.8. The lowest BCUT2D eigenvalue weighted by Gasteiger charge is -2.19. The summed E-state index contributed by atoms with van der Waals surface area (Å²) in [6.07, 6.45) is 0. The lowest BCUT2D eigenvalue weighted by Crippen LogP contribution is -2.08. The molecule has 0 aliphatic carbocycles. The molecule has 4 heteroatoms. The van der Waals surface area contributed by atoms with Gasteiger partial charge in [0.2, 0.25) is 0 Å². The van der Waals surface area contributed by atoms with Crippen molar-refractivity contribution >= 4 is 21.5 Å². The van der Waals surface area contributed by atoms with Crippen molar-refractivity contribution in [3.63, 3.8) is 0 Å². The molecule has 0 saturated carbocycles. The highest BCUT2D eigenvalue weighted by atomic mass is 16.5. The highest BCUT2D eigenvalue weighted by Gasteiger charge is 2.20. The van der Waals surface area contributed by atoms with Crippen molar-refractivity contribution in [3.05, 3.63) is 173 Å². The zero-order valence-electron chi connectivity index (χ0n) is 32.6. The predicted octanol–water partition coefficient (Wildman–Crippen LogP) is 13.2. The predicted molar refractivity (Wildman–Crippen MR) is 232 cm³/mol. The van der Waals surface area contributed by atoms with Crippen molar-refractivity contribution in [3.8, 4) is 61.8 Å². The standard InChI is InChI=1S/C52H46O4/c1-32-18-23-48(43(26-32)45-28-34(3)30-47(52(45)54)50-36(5)20-22-38-13-7-11-17-42(38)50)56-25-24-55-31-39-14-8-9-15-40(39)44-27-33(2)29-46(51(44)53)49-35(4)19-21-37-12-6-10-16-41(37)49/h6-23,26-30,53-54H,24-25,31H2,1-5H3. The molecule has 0 radical (unpaired) electrons. The van der Waals surface area contributed by atoms with Crippen LogP contribution in [-0.2, 0) is 11.3 Å². The first-order valence-electron chi connectivity index (χ1n) is 19.2. The van der Waals surface area contributed by atoms with Gasteiger partial charge in [0.1, 0.15) is 23.9 Å². The Bertz CT molecular complexity index is 2760. The van der Waals surface area contributed by atoms with Gasteiger partial charge in [-0.25, -0.2) is 0 Å². The van der Waals surface area contributed by atoms with Crippen LogP contribution in [0.1, 0.15) is 33.4 Å². The van der Waals surface area contributed by atoms with Gasteiger partial charge in [-0.3, -0.25) is 0 Å². The first-order chi connectivity index (χ1) is 27.2. The molecule has 0 amide bonds. The van der Waals surface area contributed by atoms with Crippen LogP contribution in [0, 0.1) is 34.6 Å². The van der Waals surface area contributed by atoms with Crippen molar-refractivity contribution in [2.45, 2.75) is 41.2 Å². The van der Waals surface area contributed by atoms with Crippen LogP contribution in [0.3, 0.4) is 0 Å². The van der Waals surface area contributed by atoms with E-state index in [-0.39, 0.29) is 11.5 Å². The van der Waals surface area contributed by atoms with E-state index >= 15 is 0 Å². The number of ether oxygens (including phenoxy) is 2. The Labute approximate surface area is 329 Å². The Morgan fingerprint density at radius 1 is 0.429 bits per heavy atom. The summed E-state index contributed by atoms with van der Waals surface area (Å²) in [5, 5.41) is 28.4. The van der Waals surface area contributed by atoms with Gasteiger partial charge in [-0.2, -0.15) is 0 Å². The van der Waals surface area contributed by atoms with Crippen LogP contribution in [0.5, 0.6) is 17.2 Å². The molecule has 0 fully saturated rings. The first kappa shape index (κ1) is 36.6. The van der Waals surface area contributed by atoms with Gasteiger partial charge in [-0.05, 0) is 137 Å². The summed E-state index contributed by atoms with van der Waals surface area (Å²) in [6.45, 7) is 11.4. The van der Waals surface area contributed by atoms with Gasteiger partial charge >= 0.3 is 0 Å². The fourth-order valence-corrected chi connectivity index (χ4v) is 8.11. The molecule has 0 bridgehead atoms. The SMILES string of the molecule is Cc1ccc(OCCOCc2ccccc2-c2cc(C)cc(-c3c(C)ccc4ccccc34)c2O)c(-c2cc(C)cc(-c3c(C)ccc4ccccc34)c2O)c1. The highest BCUT2D eigenvalue weighted by Crippen LogP contribution is 2.46. The topological polar surface area (TPSA) is 58.9 Å². The Hall–Kier alpha value is -6.36. The fourth-order valence-electron chi connectivity index (χ4n) is 8.11. The molecule has 56 heavy (non-hydrogen) atoms. The number of hydrogen-bond donors (Lipinski definition) is 2. The molecule has 0 spiro atoms. The Morgan fingerprint density at radius 2 is 0.929 bits per heavy atom. The number of aryl methyl sites for hydroxylation is 5. The van der Waals surface area contributed by atoms with Crippen LogP contribution < -0.4 is 4.74 Å². The maximum absolute atomic E-state index is 12.0. The quantitative estimate of drug-likeness (QED) is 0.137. The van der Waals surface area contributed by atoms with Crippen molar-refractivity contribution in [1.29, 1.82) is 0 Å². The molecule has 8 rings (SSSR count). The summed E-state index contributed by atoms with van der Waals surface area (Å²) in [5.41, 5.74) is 13.4. The molecule has 0 aliphatic heterocycles. The molecule has 4 nitrogen and oxygen atoms in total. The fraction of sp³-hybridized carbons (Fsp3) is 0.154.